The summed E-state index contributed by atoms with van der Waals surface area (Å²) in [5.41, 5.74) is -2.28. The lowest BCUT2D eigenvalue weighted by Gasteiger charge is -2.13. The predicted octanol–water partition coefficient (Wildman–Crippen LogP) is 1.95. The SMILES string of the molecule is O=C(NCC(O)c1cccc(O)c1)Nc1cc(C(F)(F)F)c[nH]c1=O. The van der Waals surface area contributed by atoms with Gasteiger partial charge < -0.3 is 25.8 Å². The van der Waals surface area contributed by atoms with E-state index in [0.29, 0.717) is 17.8 Å². The molecule has 5 N–H and O–H groups in total. The standard InChI is InChI=1S/C15H14F3N3O4/c16-15(17,18)9-5-11(13(24)19-6-9)21-14(25)20-7-12(23)8-2-1-3-10(22)4-8/h1-6,12,22-23H,7H2,(H,19,24)(H2,20,21,25). The minimum absolute atomic E-state index is 0.0727. The Hall–Kier alpha value is -3.01. The predicted molar refractivity (Wildman–Crippen MR) is 82.2 cm³/mol. The third-order valence-electron chi connectivity index (χ3n) is 3.19. The Kier molecular flexibility index (Phi) is 5.32. The number of nitrogens with one attached hydrogen (secondary N) is 3. The van der Waals surface area contributed by atoms with E-state index in [1.807, 2.05) is 10.3 Å². The molecule has 2 amide bonds. The molecule has 1 unspecified atom stereocenters. The summed E-state index contributed by atoms with van der Waals surface area (Å²) in [7, 11) is 0. The minimum atomic E-state index is -4.68. The van der Waals surface area contributed by atoms with Crippen LogP contribution in [0, 0.1) is 0 Å². The maximum absolute atomic E-state index is 12.6. The third kappa shape index (κ3) is 4.98. The third-order valence-corrected chi connectivity index (χ3v) is 3.19. The molecule has 0 bridgehead atoms. The van der Waals surface area contributed by atoms with Crippen LogP contribution in [0.3, 0.4) is 0 Å². The van der Waals surface area contributed by atoms with Crippen molar-refractivity contribution in [3.8, 4) is 5.75 Å². The number of amides is 2. The molecule has 25 heavy (non-hydrogen) atoms. The van der Waals surface area contributed by atoms with Gasteiger partial charge in [-0.1, -0.05) is 12.1 Å². The Labute approximate surface area is 139 Å². The van der Waals surface area contributed by atoms with Crippen LogP contribution in [0.2, 0.25) is 0 Å². The molecule has 0 saturated carbocycles. The van der Waals surface area contributed by atoms with E-state index in [2.05, 4.69) is 5.32 Å². The van der Waals surface area contributed by atoms with Gasteiger partial charge in [0.15, 0.2) is 0 Å². The number of anilines is 1. The zero-order chi connectivity index (χ0) is 18.6. The first-order valence-electron chi connectivity index (χ1n) is 6.98. The van der Waals surface area contributed by atoms with E-state index in [1.54, 1.807) is 0 Å². The number of phenolic OH excluding ortho intramolecular Hbond substituents is 1. The van der Waals surface area contributed by atoms with Crippen molar-refractivity contribution in [3.63, 3.8) is 0 Å². The number of urea groups is 1. The van der Waals surface area contributed by atoms with Gasteiger partial charge in [-0.05, 0) is 23.8 Å². The molecule has 1 aromatic carbocycles. The highest BCUT2D eigenvalue weighted by molar-refractivity contribution is 5.89. The molecule has 134 valence electrons. The molecule has 0 saturated heterocycles. The molecule has 1 atom stereocenters. The first kappa shape index (κ1) is 18.3. The summed E-state index contributed by atoms with van der Waals surface area (Å²) < 4.78 is 37.8. The van der Waals surface area contributed by atoms with E-state index < -0.39 is 35.1 Å². The van der Waals surface area contributed by atoms with Gasteiger partial charge in [-0.3, -0.25) is 4.79 Å². The Bertz CT molecular complexity index is 820. The molecule has 0 fully saturated rings. The van der Waals surface area contributed by atoms with Crippen molar-refractivity contribution >= 4 is 11.7 Å². The molecule has 2 aromatic rings. The van der Waals surface area contributed by atoms with E-state index in [1.165, 1.54) is 24.3 Å². The Balaban J connectivity index is 2.00. The Morgan fingerprint density at radius 1 is 1.28 bits per heavy atom. The van der Waals surface area contributed by atoms with E-state index in [0.717, 1.165) is 0 Å². The Morgan fingerprint density at radius 2 is 2.00 bits per heavy atom. The van der Waals surface area contributed by atoms with Crippen LogP contribution in [0.1, 0.15) is 17.2 Å². The van der Waals surface area contributed by atoms with Crippen molar-refractivity contribution in [1.29, 1.82) is 0 Å². The molecule has 7 nitrogen and oxygen atoms in total. The monoisotopic (exact) mass is 357 g/mol. The van der Waals surface area contributed by atoms with E-state index >= 15 is 0 Å². The van der Waals surface area contributed by atoms with Crippen LogP contribution in [-0.4, -0.2) is 27.8 Å². The van der Waals surface area contributed by atoms with Crippen molar-refractivity contribution in [2.75, 3.05) is 11.9 Å². The van der Waals surface area contributed by atoms with Crippen molar-refractivity contribution in [2.24, 2.45) is 0 Å². The number of hydrogen-bond donors (Lipinski definition) is 5. The minimum Gasteiger partial charge on any atom is -0.508 e. The zero-order valence-corrected chi connectivity index (χ0v) is 12.6. The number of aromatic nitrogens is 1. The van der Waals surface area contributed by atoms with Crippen LogP contribution >= 0.6 is 0 Å². The quantitative estimate of drug-likeness (QED) is 0.575. The number of phenols is 1. The lowest BCUT2D eigenvalue weighted by atomic mass is 10.1. The van der Waals surface area contributed by atoms with Gasteiger partial charge in [-0.15, -0.1) is 0 Å². The number of benzene rings is 1. The maximum Gasteiger partial charge on any atom is 0.417 e. The van der Waals surface area contributed by atoms with Crippen LogP contribution in [0.25, 0.3) is 0 Å². The fraction of sp³-hybridized carbons (Fsp3) is 0.200. The summed E-state index contributed by atoms with van der Waals surface area (Å²) in [6.07, 6.45) is -5.34. The van der Waals surface area contributed by atoms with Crippen molar-refractivity contribution in [3.05, 3.63) is 58.0 Å². The fourth-order valence-corrected chi connectivity index (χ4v) is 1.95. The second-order valence-corrected chi connectivity index (χ2v) is 5.07. The number of carbonyl (C=O) groups excluding carboxylic acids is 1. The van der Waals surface area contributed by atoms with Gasteiger partial charge in [0.2, 0.25) is 0 Å². The van der Waals surface area contributed by atoms with Crippen LogP contribution in [0.5, 0.6) is 5.75 Å². The molecule has 0 spiro atoms. The summed E-state index contributed by atoms with van der Waals surface area (Å²) in [6, 6.07) is 5.24. The smallest absolute Gasteiger partial charge is 0.417 e. The number of aliphatic hydroxyl groups is 1. The number of rotatable bonds is 4. The van der Waals surface area contributed by atoms with Crippen LogP contribution in [-0.2, 0) is 6.18 Å². The lowest BCUT2D eigenvalue weighted by molar-refractivity contribution is -0.137. The van der Waals surface area contributed by atoms with Crippen LogP contribution < -0.4 is 16.2 Å². The second-order valence-electron chi connectivity index (χ2n) is 5.07. The summed E-state index contributed by atoms with van der Waals surface area (Å²) in [6.45, 7) is -0.286. The van der Waals surface area contributed by atoms with Gasteiger partial charge in [0.05, 0.1) is 11.7 Å². The number of pyridine rings is 1. The van der Waals surface area contributed by atoms with E-state index in [9.17, 15) is 33.0 Å². The average molecular weight is 357 g/mol. The number of carbonyl (C=O) groups is 1. The summed E-state index contributed by atoms with van der Waals surface area (Å²) >= 11 is 0. The summed E-state index contributed by atoms with van der Waals surface area (Å²) in [5.74, 6) is -0.0727. The highest BCUT2D eigenvalue weighted by atomic mass is 19.4. The molecule has 0 aliphatic carbocycles. The molecule has 0 radical (unpaired) electrons. The zero-order valence-electron chi connectivity index (χ0n) is 12.6. The Morgan fingerprint density at radius 3 is 2.64 bits per heavy atom. The molecule has 0 aliphatic rings. The number of aliphatic hydroxyl groups excluding tert-OH is 1. The van der Waals surface area contributed by atoms with Crippen molar-refractivity contribution < 1.29 is 28.2 Å². The highest BCUT2D eigenvalue weighted by Crippen LogP contribution is 2.29. The second kappa shape index (κ2) is 7.26. The van der Waals surface area contributed by atoms with Gasteiger partial charge in [0.25, 0.3) is 5.56 Å². The molecule has 1 heterocycles. The summed E-state index contributed by atoms with van der Waals surface area (Å²) in [4.78, 5) is 25.1. The normalized spacial score (nSPS) is 12.5. The van der Waals surface area contributed by atoms with E-state index in [-0.39, 0.29) is 12.3 Å². The van der Waals surface area contributed by atoms with Crippen LogP contribution in [0.15, 0.2) is 41.3 Å². The molecule has 1 aromatic heterocycles. The molecule has 10 heteroatoms. The highest BCUT2D eigenvalue weighted by Gasteiger charge is 2.31. The van der Waals surface area contributed by atoms with Crippen molar-refractivity contribution in [1.82, 2.24) is 10.3 Å². The van der Waals surface area contributed by atoms with Gasteiger partial charge in [-0.2, -0.15) is 13.2 Å². The number of H-pyrrole nitrogens is 1. The molecule has 2 rings (SSSR count). The van der Waals surface area contributed by atoms with Crippen LogP contribution in [0.4, 0.5) is 23.7 Å². The molecular weight excluding hydrogens is 343 g/mol. The lowest BCUT2D eigenvalue weighted by Crippen LogP contribution is -2.34. The number of aromatic amines is 1. The average Bonchev–Trinajstić information content (AvgIpc) is 2.53. The van der Waals surface area contributed by atoms with Gasteiger partial charge in [0, 0.05) is 12.7 Å². The fourth-order valence-electron chi connectivity index (χ4n) is 1.95. The number of alkyl halides is 3. The first-order valence-corrected chi connectivity index (χ1v) is 6.98. The number of aromatic hydroxyl groups is 1. The topological polar surface area (TPSA) is 114 Å². The summed E-state index contributed by atoms with van der Waals surface area (Å²) in [5, 5.41) is 23.4. The van der Waals surface area contributed by atoms with Gasteiger partial charge in [-0.25, -0.2) is 4.79 Å². The largest absolute Gasteiger partial charge is 0.508 e. The van der Waals surface area contributed by atoms with Gasteiger partial charge in [0.1, 0.15) is 11.4 Å². The maximum atomic E-state index is 12.6. The van der Waals surface area contributed by atoms with Gasteiger partial charge >= 0.3 is 12.2 Å². The number of hydrogen-bond acceptors (Lipinski definition) is 4. The molecule has 0 aliphatic heterocycles. The van der Waals surface area contributed by atoms with Crippen molar-refractivity contribution in [2.45, 2.75) is 12.3 Å². The molecular formula is C15H14F3N3O4. The van der Waals surface area contributed by atoms with E-state index in [4.69, 9.17) is 0 Å². The first-order chi connectivity index (χ1) is 11.7. The number of halogens is 3.